The molecule has 0 radical (unpaired) electrons. The quantitative estimate of drug-likeness (QED) is 0.474. The van der Waals surface area contributed by atoms with E-state index < -0.39 is 0 Å². The van der Waals surface area contributed by atoms with Crippen LogP contribution in [0.5, 0.6) is 0 Å². The maximum atomic E-state index is 15.1. The summed E-state index contributed by atoms with van der Waals surface area (Å²) < 4.78 is 15.1. The van der Waals surface area contributed by atoms with Gasteiger partial charge >= 0.3 is 0 Å². The Labute approximate surface area is 217 Å². The second kappa shape index (κ2) is 10.0. The van der Waals surface area contributed by atoms with E-state index in [9.17, 15) is 9.59 Å². The van der Waals surface area contributed by atoms with Crippen LogP contribution in [0.1, 0.15) is 65.7 Å². The zero-order valence-electron chi connectivity index (χ0n) is 20.8. The lowest BCUT2D eigenvalue weighted by Gasteiger charge is -2.42. The molecule has 0 aromatic heterocycles. The Morgan fingerprint density at radius 2 is 1.59 bits per heavy atom. The number of likely N-dealkylation sites (tertiary alicyclic amines) is 1. The molecule has 0 bridgehead atoms. The van der Waals surface area contributed by atoms with E-state index in [-0.39, 0.29) is 47.6 Å². The average molecular weight is 498 g/mol. The number of nitrogens with one attached hydrogen (secondary N) is 2. The first-order valence-corrected chi connectivity index (χ1v) is 13.4. The highest BCUT2D eigenvalue weighted by molar-refractivity contribution is 5.95. The molecule has 2 aliphatic heterocycles. The number of hydrogen-bond donors (Lipinski definition) is 2. The first kappa shape index (κ1) is 23.7. The van der Waals surface area contributed by atoms with Crippen LogP contribution in [0, 0.1) is 17.7 Å². The van der Waals surface area contributed by atoms with Crippen LogP contribution in [-0.4, -0.2) is 29.3 Å². The van der Waals surface area contributed by atoms with Crippen molar-refractivity contribution in [2.24, 2.45) is 11.8 Å². The summed E-state index contributed by atoms with van der Waals surface area (Å²) in [6.07, 6.45) is 4.34. The Kier molecular flexibility index (Phi) is 6.41. The third-order valence-corrected chi connectivity index (χ3v) is 8.41. The summed E-state index contributed by atoms with van der Waals surface area (Å²) in [7, 11) is 0. The lowest BCUT2D eigenvalue weighted by atomic mass is 9.79. The fraction of sp³-hybridized carbons (Fsp3) is 0.355. The number of para-hydroxylation sites is 1. The third-order valence-electron chi connectivity index (χ3n) is 8.41. The minimum absolute atomic E-state index is 0.0756. The van der Waals surface area contributed by atoms with Gasteiger partial charge in [-0.05, 0) is 43.0 Å². The van der Waals surface area contributed by atoms with Gasteiger partial charge in [0, 0.05) is 29.6 Å². The van der Waals surface area contributed by atoms with Crippen molar-refractivity contribution < 1.29 is 14.0 Å². The SMILES string of the molecule is O=C(NC1CCCC[C@@H]1C(=O)N1CC[C@@H]2[C@H](c3ccccc3)Nc3c(F)cccc3[C@@H]21)c1ccccc1. The maximum Gasteiger partial charge on any atom is 0.251 e. The molecule has 3 aromatic rings. The Hall–Kier alpha value is -3.67. The summed E-state index contributed by atoms with van der Waals surface area (Å²) in [6.45, 7) is 0.630. The maximum absolute atomic E-state index is 15.1. The highest BCUT2D eigenvalue weighted by atomic mass is 19.1. The Morgan fingerprint density at radius 1 is 0.865 bits per heavy atom. The minimum Gasteiger partial charge on any atom is -0.375 e. The van der Waals surface area contributed by atoms with Gasteiger partial charge in [0.05, 0.1) is 23.7 Å². The number of fused-ring (bicyclic) bond motifs is 3. The van der Waals surface area contributed by atoms with Gasteiger partial charge in [-0.25, -0.2) is 4.39 Å². The van der Waals surface area contributed by atoms with Crippen molar-refractivity contribution in [3.05, 3.63) is 101 Å². The number of amides is 2. The largest absolute Gasteiger partial charge is 0.375 e. The van der Waals surface area contributed by atoms with Crippen LogP contribution >= 0.6 is 0 Å². The minimum atomic E-state index is -0.290. The third kappa shape index (κ3) is 4.39. The molecular formula is C31H32FN3O2. The van der Waals surface area contributed by atoms with Gasteiger partial charge in [-0.1, -0.05) is 73.5 Å². The van der Waals surface area contributed by atoms with Gasteiger partial charge in [0.1, 0.15) is 5.82 Å². The van der Waals surface area contributed by atoms with Gasteiger partial charge in [0.2, 0.25) is 5.91 Å². The molecule has 0 spiro atoms. The Balaban J connectivity index is 1.30. The Morgan fingerprint density at radius 3 is 2.38 bits per heavy atom. The number of hydrogen-bond acceptors (Lipinski definition) is 3. The summed E-state index contributed by atoms with van der Waals surface area (Å²) in [5, 5.41) is 6.64. The van der Waals surface area contributed by atoms with Crippen molar-refractivity contribution in [1.82, 2.24) is 10.2 Å². The molecule has 1 aliphatic carbocycles. The molecule has 2 heterocycles. The number of rotatable bonds is 4. The van der Waals surface area contributed by atoms with E-state index in [0.717, 1.165) is 43.2 Å². The predicted molar refractivity (Wildman–Crippen MR) is 141 cm³/mol. The van der Waals surface area contributed by atoms with Crippen LogP contribution < -0.4 is 10.6 Å². The van der Waals surface area contributed by atoms with E-state index in [1.807, 2.05) is 47.4 Å². The van der Waals surface area contributed by atoms with E-state index in [0.29, 0.717) is 17.8 Å². The lowest BCUT2D eigenvalue weighted by Crippen LogP contribution is -2.50. The fourth-order valence-corrected chi connectivity index (χ4v) is 6.66. The topological polar surface area (TPSA) is 61.4 Å². The van der Waals surface area contributed by atoms with Crippen LogP contribution in [0.15, 0.2) is 78.9 Å². The van der Waals surface area contributed by atoms with E-state index in [4.69, 9.17) is 0 Å². The monoisotopic (exact) mass is 497 g/mol. The summed E-state index contributed by atoms with van der Waals surface area (Å²) in [5.74, 6) is -0.483. The molecule has 3 aliphatic rings. The molecule has 1 saturated heterocycles. The van der Waals surface area contributed by atoms with Gasteiger partial charge in [0.15, 0.2) is 0 Å². The summed E-state index contributed by atoms with van der Waals surface area (Å²) in [6, 6.07) is 24.0. The van der Waals surface area contributed by atoms with Crippen molar-refractivity contribution in [2.45, 2.75) is 50.2 Å². The van der Waals surface area contributed by atoms with Crippen molar-refractivity contribution in [3.63, 3.8) is 0 Å². The normalized spacial score (nSPS) is 26.5. The molecule has 6 heteroatoms. The average Bonchev–Trinajstić information content (AvgIpc) is 3.39. The molecule has 2 fully saturated rings. The van der Waals surface area contributed by atoms with E-state index >= 15 is 4.39 Å². The van der Waals surface area contributed by atoms with Crippen molar-refractivity contribution in [1.29, 1.82) is 0 Å². The smallest absolute Gasteiger partial charge is 0.251 e. The molecule has 6 rings (SSSR count). The van der Waals surface area contributed by atoms with Crippen molar-refractivity contribution in [3.8, 4) is 0 Å². The number of nitrogens with zero attached hydrogens (tertiary/aromatic N) is 1. The summed E-state index contributed by atoms with van der Waals surface area (Å²) in [5.41, 5.74) is 3.05. The second-order valence-corrected chi connectivity index (χ2v) is 10.5. The summed E-state index contributed by atoms with van der Waals surface area (Å²) >= 11 is 0. The molecule has 37 heavy (non-hydrogen) atoms. The van der Waals surface area contributed by atoms with Crippen molar-refractivity contribution in [2.75, 3.05) is 11.9 Å². The zero-order valence-corrected chi connectivity index (χ0v) is 20.8. The molecule has 190 valence electrons. The number of benzene rings is 3. The van der Waals surface area contributed by atoms with Gasteiger partial charge in [-0.2, -0.15) is 0 Å². The van der Waals surface area contributed by atoms with E-state index in [1.54, 1.807) is 18.2 Å². The predicted octanol–water partition coefficient (Wildman–Crippen LogP) is 5.87. The highest BCUT2D eigenvalue weighted by Gasteiger charge is 2.49. The summed E-state index contributed by atoms with van der Waals surface area (Å²) in [4.78, 5) is 29.1. The second-order valence-electron chi connectivity index (χ2n) is 10.5. The van der Waals surface area contributed by atoms with Crippen LogP contribution in [0.3, 0.4) is 0 Å². The van der Waals surface area contributed by atoms with Crippen molar-refractivity contribution >= 4 is 17.5 Å². The molecule has 5 nitrogen and oxygen atoms in total. The van der Waals surface area contributed by atoms with Crippen LogP contribution in [0.4, 0.5) is 10.1 Å². The molecule has 3 aromatic carbocycles. The first-order valence-electron chi connectivity index (χ1n) is 13.4. The van der Waals surface area contributed by atoms with Gasteiger partial charge < -0.3 is 15.5 Å². The van der Waals surface area contributed by atoms with Crippen LogP contribution in [0.2, 0.25) is 0 Å². The first-order chi connectivity index (χ1) is 18.1. The molecular weight excluding hydrogens is 465 g/mol. The molecule has 2 amide bonds. The number of halogens is 1. The molecule has 5 atom stereocenters. The number of anilines is 1. The van der Waals surface area contributed by atoms with E-state index in [2.05, 4.69) is 22.8 Å². The van der Waals surface area contributed by atoms with Gasteiger partial charge in [0.25, 0.3) is 5.91 Å². The van der Waals surface area contributed by atoms with Gasteiger partial charge in [-0.15, -0.1) is 0 Å². The molecule has 1 saturated carbocycles. The molecule has 2 N–H and O–H groups in total. The van der Waals surface area contributed by atoms with Crippen LogP contribution in [0.25, 0.3) is 0 Å². The fourth-order valence-electron chi connectivity index (χ4n) is 6.66. The lowest BCUT2D eigenvalue weighted by molar-refractivity contribution is -0.138. The highest BCUT2D eigenvalue weighted by Crippen LogP contribution is 2.52. The standard InChI is InChI=1S/C31H32FN3O2/c32-25-16-9-15-23-28(25)34-27(20-10-3-1-4-11-20)24-18-19-35(29(23)24)31(37)22-14-7-8-17-26(22)33-30(36)21-12-5-2-6-13-21/h1-6,9-13,15-16,22,24,26-27,29,34H,7-8,14,17-19H2,(H,33,36)/t22-,24+,26?,27-,29-/m0/s1. The van der Waals surface area contributed by atoms with Gasteiger partial charge in [-0.3, -0.25) is 9.59 Å². The Bertz CT molecular complexity index is 1280. The zero-order chi connectivity index (χ0) is 25.4. The molecule has 1 unspecified atom stereocenters. The number of carbonyl (C=O) groups is 2. The number of carbonyl (C=O) groups excluding carboxylic acids is 2. The van der Waals surface area contributed by atoms with E-state index in [1.165, 1.54) is 6.07 Å². The van der Waals surface area contributed by atoms with Crippen LogP contribution in [-0.2, 0) is 4.79 Å².